The summed E-state index contributed by atoms with van der Waals surface area (Å²) in [4.78, 5) is 19.4. The average molecular weight is 368 g/mol. The number of aryl methyl sites for hydroxylation is 1. The fraction of sp³-hybridized carbons (Fsp3) is 0.263. The third kappa shape index (κ3) is 3.23. The number of anilines is 3. The third-order valence-corrected chi connectivity index (χ3v) is 5.29. The first kappa shape index (κ1) is 16.8. The second-order valence-electron chi connectivity index (χ2n) is 6.26. The summed E-state index contributed by atoms with van der Waals surface area (Å²) in [6, 6.07) is 11.5. The van der Waals surface area contributed by atoms with Gasteiger partial charge in [-0.05, 0) is 36.8 Å². The quantitative estimate of drug-likeness (QED) is 0.742. The molecule has 1 fully saturated rings. The molecule has 4 rings (SSSR count). The minimum Gasteiger partial charge on any atom is -0.378 e. The predicted molar refractivity (Wildman–Crippen MR) is 106 cm³/mol. The number of amides is 1. The maximum Gasteiger partial charge on any atom is 0.257 e. The van der Waals surface area contributed by atoms with Gasteiger partial charge in [0.25, 0.3) is 5.91 Å². The first-order valence-electron chi connectivity index (χ1n) is 8.51. The van der Waals surface area contributed by atoms with Crippen LogP contribution < -0.4 is 16.0 Å². The van der Waals surface area contributed by atoms with Crippen LogP contribution in [0.15, 0.2) is 36.4 Å². The molecule has 0 atom stereocenters. The maximum atomic E-state index is 12.9. The van der Waals surface area contributed by atoms with E-state index in [1.54, 1.807) is 0 Å². The van der Waals surface area contributed by atoms with Crippen LogP contribution in [0.3, 0.4) is 0 Å². The number of hydrogen-bond acceptors (Lipinski definition) is 6. The zero-order valence-corrected chi connectivity index (χ0v) is 15.3. The number of nitrogens with one attached hydrogen (secondary N) is 1. The molecule has 3 N–H and O–H groups in total. The van der Waals surface area contributed by atoms with Crippen molar-refractivity contribution in [1.29, 1.82) is 0 Å². The van der Waals surface area contributed by atoms with Crippen LogP contribution in [0.25, 0.3) is 10.2 Å². The van der Waals surface area contributed by atoms with E-state index in [0.717, 1.165) is 40.2 Å². The van der Waals surface area contributed by atoms with Gasteiger partial charge in [-0.2, -0.15) is 0 Å². The van der Waals surface area contributed by atoms with Crippen molar-refractivity contribution in [3.63, 3.8) is 0 Å². The lowest BCUT2D eigenvalue weighted by molar-refractivity contribution is 0.102. The summed E-state index contributed by atoms with van der Waals surface area (Å²) < 4.78 is 6.39. The van der Waals surface area contributed by atoms with Gasteiger partial charge in [-0.15, -0.1) is 0 Å². The monoisotopic (exact) mass is 368 g/mol. The molecule has 6 nitrogen and oxygen atoms in total. The minimum atomic E-state index is -0.122. The number of nitrogen functional groups attached to an aromatic ring is 1. The summed E-state index contributed by atoms with van der Waals surface area (Å²) in [5, 5.41) is 3.55. The summed E-state index contributed by atoms with van der Waals surface area (Å²) in [6.07, 6.45) is 0. The lowest BCUT2D eigenvalue weighted by atomic mass is 10.1. The Hall–Kier alpha value is -2.64. The Balaban J connectivity index is 1.62. The van der Waals surface area contributed by atoms with Crippen LogP contribution in [0.4, 0.5) is 16.5 Å². The van der Waals surface area contributed by atoms with Crippen LogP contribution in [0, 0.1) is 6.92 Å². The zero-order chi connectivity index (χ0) is 18.1. The molecule has 1 amide bonds. The van der Waals surface area contributed by atoms with E-state index in [2.05, 4.69) is 15.2 Å². The standard InChI is InChI=1S/C19H20N4O2S/c1-12-10-13(11-16-17(12)22-19(20)26-16)21-18(24)14-4-2-3-5-15(14)23-6-8-25-9-7-23/h2-5,10-11H,6-9H2,1H3,(H2,20,22)(H,21,24). The molecule has 3 aromatic rings. The molecule has 0 aliphatic carbocycles. The number of aromatic nitrogens is 1. The number of thiazole rings is 1. The fourth-order valence-corrected chi connectivity index (χ4v) is 4.08. The Morgan fingerprint density at radius 3 is 2.85 bits per heavy atom. The van der Waals surface area contributed by atoms with Crippen LogP contribution in [0.1, 0.15) is 15.9 Å². The Labute approximate surface area is 155 Å². The molecule has 7 heteroatoms. The molecule has 26 heavy (non-hydrogen) atoms. The molecule has 0 bridgehead atoms. The minimum absolute atomic E-state index is 0.122. The van der Waals surface area contributed by atoms with Crippen molar-refractivity contribution in [2.75, 3.05) is 42.3 Å². The smallest absolute Gasteiger partial charge is 0.257 e. The van der Waals surface area contributed by atoms with E-state index in [4.69, 9.17) is 10.5 Å². The number of nitrogens with two attached hydrogens (primary N) is 1. The molecule has 134 valence electrons. The number of rotatable bonds is 3. The highest BCUT2D eigenvalue weighted by Gasteiger charge is 2.19. The number of para-hydroxylation sites is 1. The normalized spacial score (nSPS) is 14.6. The van der Waals surface area contributed by atoms with Crippen LogP contribution in [0.5, 0.6) is 0 Å². The van der Waals surface area contributed by atoms with E-state index >= 15 is 0 Å². The number of benzene rings is 2. The fourth-order valence-electron chi connectivity index (χ4n) is 3.23. The van der Waals surface area contributed by atoms with Crippen LogP contribution in [-0.2, 0) is 4.74 Å². The van der Waals surface area contributed by atoms with Crippen molar-refractivity contribution in [2.45, 2.75) is 6.92 Å². The van der Waals surface area contributed by atoms with E-state index < -0.39 is 0 Å². The third-order valence-electron chi connectivity index (χ3n) is 4.46. The van der Waals surface area contributed by atoms with Crippen molar-refractivity contribution in [1.82, 2.24) is 4.98 Å². The highest BCUT2D eigenvalue weighted by Crippen LogP contribution is 2.30. The largest absolute Gasteiger partial charge is 0.378 e. The summed E-state index contributed by atoms with van der Waals surface area (Å²) in [5.74, 6) is -0.122. The molecule has 0 unspecified atom stereocenters. The number of carbonyl (C=O) groups excluding carboxylic acids is 1. The van der Waals surface area contributed by atoms with Gasteiger partial charge in [-0.1, -0.05) is 23.5 Å². The van der Waals surface area contributed by atoms with Crippen LogP contribution in [-0.4, -0.2) is 37.2 Å². The molecule has 0 radical (unpaired) electrons. The molecule has 1 aliphatic rings. The SMILES string of the molecule is Cc1cc(NC(=O)c2ccccc2N2CCOCC2)cc2sc(N)nc12. The average Bonchev–Trinajstić information content (AvgIpc) is 3.03. The molecular formula is C19H20N4O2S. The molecule has 0 spiro atoms. The lowest BCUT2D eigenvalue weighted by Gasteiger charge is -2.30. The zero-order valence-electron chi connectivity index (χ0n) is 14.5. The number of nitrogens with zero attached hydrogens (tertiary/aromatic N) is 2. The van der Waals surface area contributed by atoms with Gasteiger partial charge in [0.15, 0.2) is 5.13 Å². The molecule has 1 aliphatic heterocycles. The second kappa shape index (κ2) is 6.93. The second-order valence-corrected chi connectivity index (χ2v) is 7.32. The Kier molecular flexibility index (Phi) is 4.48. The van der Waals surface area contributed by atoms with Gasteiger partial charge < -0.3 is 20.7 Å². The first-order chi connectivity index (χ1) is 12.6. The van der Waals surface area contributed by atoms with Gasteiger partial charge in [-0.3, -0.25) is 4.79 Å². The summed E-state index contributed by atoms with van der Waals surface area (Å²) >= 11 is 1.42. The van der Waals surface area contributed by atoms with E-state index in [-0.39, 0.29) is 5.91 Å². The van der Waals surface area contributed by atoms with E-state index in [9.17, 15) is 4.79 Å². The Morgan fingerprint density at radius 1 is 1.27 bits per heavy atom. The van der Waals surface area contributed by atoms with Gasteiger partial charge in [0.2, 0.25) is 0 Å². The van der Waals surface area contributed by atoms with Crippen molar-refractivity contribution in [3.8, 4) is 0 Å². The topological polar surface area (TPSA) is 80.5 Å². The highest BCUT2D eigenvalue weighted by atomic mass is 32.1. The molecule has 2 aromatic carbocycles. The number of ether oxygens (including phenoxy) is 1. The first-order valence-corrected chi connectivity index (χ1v) is 9.33. The lowest BCUT2D eigenvalue weighted by Crippen LogP contribution is -2.37. The Bertz CT molecular complexity index is 963. The number of fused-ring (bicyclic) bond motifs is 1. The number of morpholine rings is 1. The molecule has 0 saturated carbocycles. The highest BCUT2D eigenvalue weighted by molar-refractivity contribution is 7.22. The molecule has 1 saturated heterocycles. The Morgan fingerprint density at radius 2 is 2.04 bits per heavy atom. The van der Waals surface area contributed by atoms with Crippen LogP contribution in [0.2, 0.25) is 0 Å². The summed E-state index contributed by atoms with van der Waals surface area (Å²) in [7, 11) is 0. The molecule has 1 aromatic heterocycles. The van der Waals surface area contributed by atoms with Crippen molar-refractivity contribution < 1.29 is 9.53 Å². The van der Waals surface area contributed by atoms with Gasteiger partial charge in [0, 0.05) is 24.5 Å². The van der Waals surface area contributed by atoms with Gasteiger partial charge in [0.1, 0.15) is 0 Å². The van der Waals surface area contributed by atoms with Gasteiger partial charge >= 0.3 is 0 Å². The van der Waals surface area contributed by atoms with Crippen molar-refractivity contribution in [2.24, 2.45) is 0 Å². The predicted octanol–water partition coefficient (Wildman–Crippen LogP) is 3.28. The van der Waals surface area contributed by atoms with Crippen molar-refractivity contribution in [3.05, 3.63) is 47.5 Å². The van der Waals surface area contributed by atoms with Gasteiger partial charge in [-0.25, -0.2) is 4.98 Å². The molecule has 2 heterocycles. The number of hydrogen-bond donors (Lipinski definition) is 2. The molecular weight excluding hydrogens is 348 g/mol. The van der Waals surface area contributed by atoms with Gasteiger partial charge in [0.05, 0.1) is 29.0 Å². The van der Waals surface area contributed by atoms with E-state index in [1.807, 2.05) is 43.3 Å². The van der Waals surface area contributed by atoms with E-state index in [0.29, 0.717) is 23.9 Å². The maximum absolute atomic E-state index is 12.9. The summed E-state index contributed by atoms with van der Waals surface area (Å²) in [6.45, 7) is 4.90. The number of carbonyl (C=O) groups is 1. The van der Waals surface area contributed by atoms with E-state index in [1.165, 1.54) is 11.3 Å². The summed E-state index contributed by atoms with van der Waals surface area (Å²) in [5.41, 5.74) is 10.0. The van der Waals surface area contributed by atoms with Crippen molar-refractivity contribution >= 4 is 44.0 Å². The van der Waals surface area contributed by atoms with Crippen LogP contribution >= 0.6 is 11.3 Å².